The molecule has 0 saturated carbocycles. The summed E-state index contributed by atoms with van der Waals surface area (Å²) < 4.78 is 19.1. The number of halogens is 1. The average Bonchev–Trinajstić information content (AvgIpc) is 2.86. The Bertz CT molecular complexity index is 1360. The number of ether oxygens (including phenoxy) is 1. The maximum Gasteiger partial charge on any atom is 0.335 e. The van der Waals surface area contributed by atoms with E-state index < -0.39 is 5.97 Å². The number of benzene rings is 3. The zero-order valence-electron chi connectivity index (χ0n) is 21.2. The normalized spacial score (nSPS) is 12.7. The lowest BCUT2D eigenvalue weighted by molar-refractivity contribution is -0.114. The maximum atomic E-state index is 13.2. The number of carbonyl (C=O) groups is 2. The molecule has 0 fully saturated rings. The van der Waals surface area contributed by atoms with E-state index in [0.29, 0.717) is 17.0 Å². The number of allylic oxidation sites excluding steroid dienone is 4. The highest BCUT2D eigenvalue weighted by Gasteiger charge is 2.14. The molecule has 3 rings (SSSR count). The van der Waals surface area contributed by atoms with Crippen molar-refractivity contribution < 1.29 is 28.9 Å². The highest BCUT2D eigenvalue weighted by Crippen LogP contribution is 2.32. The third-order valence-corrected chi connectivity index (χ3v) is 6.00. The first-order valence-corrected chi connectivity index (χ1v) is 11.7. The molecule has 0 aliphatic carbocycles. The molecule has 0 aromatic heterocycles. The van der Waals surface area contributed by atoms with E-state index in [9.17, 15) is 24.2 Å². The fourth-order valence-corrected chi connectivity index (χ4v) is 3.75. The van der Waals surface area contributed by atoms with Crippen molar-refractivity contribution in [3.63, 3.8) is 0 Å². The zero-order valence-corrected chi connectivity index (χ0v) is 21.2. The van der Waals surface area contributed by atoms with E-state index in [0.717, 1.165) is 22.3 Å². The first kappa shape index (κ1) is 27.2. The number of aromatic hydroxyl groups is 1. The van der Waals surface area contributed by atoms with Crippen LogP contribution in [0.4, 0.5) is 10.1 Å². The SMILES string of the molecule is CC(=O)Nc1cc(C(=O)O)cc(C(C)/C(C)=C\C=C(/C)c2cc(O)ccc2OCc2ccc(F)cc2)c1. The van der Waals surface area contributed by atoms with Gasteiger partial charge >= 0.3 is 5.97 Å². The van der Waals surface area contributed by atoms with Crippen molar-refractivity contribution in [2.24, 2.45) is 0 Å². The number of phenols is 1. The number of phenolic OH excluding ortho intramolecular Hbond substituents is 1. The molecular weight excluding hydrogens is 473 g/mol. The van der Waals surface area contributed by atoms with E-state index in [1.807, 2.05) is 32.9 Å². The molecule has 37 heavy (non-hydrogen) atoms. The molecule has 0 saturated heterocycles. The van der Waals surface area contributed by atoms with E-state index in [1.165, 1.54) is 25.1 Å². The molecule has 3 aromatic rings. The van der Waals surface area contributed by atoms with E-state index in [2.05, 4.69) is 5.32 Å². The summed E-state index contributed by atoms with van der Waals surface area (Å²) >= 11 is 0. The van der Waals surface area contributed by atoms with Gasteiger partial charge in [-0.3, -0.25) is 4.79 Å². The molecule has 1 unspecified atom stereocenters. The second kappa shape index (κ2) is 12.0. The number of aromatic carboxylic acids is 1. The molecule has 3 N–H and O–H groups in total. The first-order chi connectivity index (χ1) is 17.5. The number of nitrogens with one attached hydrogen (secondary N) is 1. The molecule has 0 radical (unpaired) electrons. The summed E-state index contributed by atoms with van der Waals surface area (Å²) in [5.74, 6) is -1.13. The van der Waals surface area contributed by atoms with Gasteiger partial charge in [-0.1, -0.05) is 36.8 Å². The summed E-state index contributed by atoms with van der Waals surface area (Å²) in [6.45, 7) is 7.41. The number of carbonyl (C=O) groups excluding carboxylic acids is 1. The van der Waals surface area contributed by atoms with Gasteiger partial charge < -0.3 is 20.3 Å². The van der Waals surface area contributed by atoms with Crippen molar-refractivity contribution in [3.8, 4) is 11.5 Å². The number of amides is 1. The van der Waals surface area contributed by atoms with Gasteiger partial charge in [0.2, 0.25) is 5.91 Å². The highest BCUT2D eigenvalue weighted by molar-refractivity contribution is 5.93. The van der Waals surface area contributed by atoms with Crippen molar-refractivity contribution in [2.75, 3.05) is 5.32 Å². The quantitative estimate of drug-likeness (QED) is 0.276. The van der Waals surface area contributed by atoms with Crippen molar-refractivity contribution in [1.29, 1.82) is 0 Å². The average molecular weight is 504 g/mol. The van der Waals surface area contributed by atoms with E-state index in [4.69, 9.17) is 4.74 Å². The predicted molar refractivity (Wildman–Crippen MR) is 142 cm³/mol. The molecule has 3 aromatic carbocycles. The van der Waals surface area contributed by atoms with Crippen LogP contribution in [0.5, 0.6) is 11.5 Å². The van der Waals surface area contributed by atoms with Gasteiger partial charge in [0.15, 0.2) is 0 Å². The second-order valence-corrected chi connectivity index (χ2v) is 8.91. The third kappa shape index (κ3) is 7.54. The maximum absolute atomic E-state index is 13.2. The number of carboxylic acid groups (broad SMARTS) is 1. The fraction of sp³-hybridized carbons (Fsp3) is 0.200. The number of anilines is 1. The molecule has 1 amide bonds. The van der Waals surface area contributed by atoms with Crippen LogP contribution in [0, 0.1) is 5.82 Å². The van der Waals surface area contributed by atoms with Gasteiger partial charge in [0.25, 0.3) is 0 Å². The Kier molecular flexibility index (Phi) is 8.85. The highest BCUT2D eigenvalue weighted by atomic mass is 19.1. The minimum atomic E-state index is -1.07. The van der Waals surface area contributed by atoms with Crippen molar-refractivity contribution in [1.82, 2.24) is 0 Å². The molecule has 0 heterocycles. The third-order valence-electron chi connectivity index (χ3n) is 6.00. The van der Waals surface area contributed by atoms with Gasteiger partial charge in [-0.2, -0.15) is 0 Å². The number of hydrogen-bond acceptors (Lipinski definition) is 4. The largest absolute Gasteiger partial charge is 0.508 e. The Morgan fingerprint density at radius 2 is 1.70 bits per heavy atom. The van der Waals surface area contributed by atoms with Crippen LogP contribution in [0.2, 0.25) is 0 Å². The number of carboxylic acids is 1. The predicted octanol–water partition coefficient (Wildman–Crippen LogP) is 6.92. The van der Waals surface area contributed by atoms with Crippen LogP contribution in [0.1, 0.15) is 60.7 Å². The molecule has 192 valence electrons. The Morgan fingerprint density at radius 1 is 1.00 bits per heavy atom. The van der Waals surface area contributed by atoms with Crippen LogP contribution in [0.3, 0.4) is 0 Å². The molecule has 1 atom stereocenters. The van der Waals surface area contributed by atoms with Crippen molar-refractivity contribution in [2.45, 2.75) is 40.2 Å². The minimum absolute atomic E-state index is 0.0929. The first-order valence-electron chi connectivity index (χ1n) is 11.7. The lowest BCUT2D eigenvalue weighted by atomic mass is 9.91. The molecule has 6 nitrogen and oxygen atoms in total. The van der Waals surface area contributed by atoms with Gasteiger partial charge in [0.05, 0.1) is 5.56 Å². The second-order valence-electron chi connectivity index (χ2n) is 8.91. The molecule has 0 bridgehead atoms. The van der Waals surface area contributed by atoms with Crippen LogP contribution in [0.15, 0.2) is 78.4 Å². The summed E-state index contributed by atoms with van der Waals surface area (Å²) in [5.41, 5.74) is 4.60. The van der Waals surface area contributed by atoms with Crippen molar-refractivity contribution >= 4 is 23.1 Å². The summed E-state index contributed by atoms with van der Waals surface area (Å²) in [6.07, 6.45) is 3.83. The molecular formula is C30H30FNO5. The Morgan fingerprint density at radius 3 is 2.35 bits per heavy atom. The van der Waals surface area contributed by atoms with Gasteiger partial charge in [-0.15, -0.1) is 0 Å². The summed E-state index contributed by atoms with van der Waals surface area (Å²) in [6, 6.07) is 15.7. The zero-order chi connectivity index (χ0) is 27.1. The summed E-state index contributed by atoms with van der Waals surface area (Å²) in [7, 11) is 0. The van der Waals surface area contributed by atoms with Gasteiger partial charge in [-0.05, 0) is 79.1 Å². The van der Waals surface area contributed by atoms with Gasteiger partial charge in [0, 0.05) is 24.1 Å². The van der Waals surface area contributed by atoms with Crippen LogP contribution in [0.25, 0.3) is 5.57 Å². The number of rotatable bonds is 9. The van der Waals surface area contributed by atoms with Crippen LogP contribution >= 0.6 is 0 Å². The molecule has 0 aliphatic heterocycles. The van der Waals surface area contributed by atoms with E-state index >= 15 is 0 Å². The minimum Gasteiger partial charge on any atom is -0.508 e. The van der Waals surface area contributed by atoms with Crippen LogP contribution in [-0.2, 0) is 11.4 Å². The summed E-state index contributed by atoms with van der Waals surface area (Å²) in [5, 5.41) is 22.2. The summed E-state index contributed by atoms with van der Waals surface area (Å²) in [4.78, 5) is 23.1. The van der Waals surface area contributed by atoms with Crippen LogP contribution < -0.4 is 10.1 Å². The van der Waals surface area contributed by atoms with Gasteiger partial charge in [0.1, 0.15) is 23.9 Å². The standard InChI is InChI=1S/C30H30FNO5/c1-18(20(3)23-13-24(30(35)36)15-26(14-23)32-21(4)33)5-6-19(2)28-16-27(34)11-12-29(28)37-17-22-7-9-25(31)10-8-22/h5-16,20,34H,17H2,1-4H3,(H,32,33)(H,35,36)/b18-5-,19-6+. The topological polar surface area (TPSA) is 95.9 Å². The molecule has 0 spiro atoms. The lowest BCUT2D eigenvalue weighted by Gasteiger charge is -2.16. The number of hydrogen-bond donors (Lipinski definition) is 3. The smallest absolute Gasteiger partial charge is 0.335 e. The molecule has 0 aliphatic rings. The Labute approximate surface area is 215 Å². The fourth-order valence-electron chi connectivity index (χ4n) is 3.75. The Balaban J connectivity index is 1.85. The monoisotopic (exact) mass is 503 g/mol. The van der Waals surface area contributed by atoms with Gasteiger partial charge in [-0.25, -0.2) is 9.18 Å². The lowest BCUT2D eigenvalue weighted by Crippen LogP contribution is -2.09. The van der Waals surface area contributed by atoms with Crippen molar-refractivity contribution in [3.05, 3.63) is 106 Å². The van der Waals surface area contributed by atoms with Crippen LogP contribution in [-0.4, -0.2) is 22.1 Å². The van der Waals surface area contributed by atoms with E-state index in [1.54, 1.807) is 42.5 Å². The van der Waals surface area contributed by atoms with E-state index in [-0.39, 0.29) is 35.6 Å². The molecule has 7 heteroatoms. The Hall–Kier alpha value is -4.39.